The summed E-state index contributed by atoms with van der Waals surface area (Å²) in [5.74, 6) is 0. The third-order valence-electron chi connectivity index (χ3n) is 4.89. The molecule has 0 amide bonds. The van der Waals surface area contributed by atoms with Crippen LogP contribution in [0.2, 0.25) is 18.5 Å². The van der Waals surface area contributed by atoms with Crippen LogP contribution < -0.4 is 0 Å². The molecule has 0 atom stereocenters. The van der Waals surface area contributed by atoms with E-state index in [1.165, 1.54) is 0 Å². The Kier molecular flexibility index (Phi) is 3.98. The summed E-state index contributed by atoms with van der Waals surface area (Å²) in [4.78, 5) is 0. The Hall–Kier alpha value is 0.640. The molecule has 2 aliphatic carbocycles. The zero-order valence-electron chi connectivity index (χ0n) is 11.9. The van der Waals surface area contributed by atoms with Crippen LogP contribution in [0, 0.1) is 0 Å². The molecular formula is C14H26Cl2SiZr. The molecule has 0 saturated carbocycles. The normalized spacial score (nSPS) is 23.7. The van der Waals surface area contributed by atoms with Crippen LogP contribution in [0.1, 0.15) is 12.8 Å². The first kappa shape index (κ1) is 18.6. The fraction of sp³-hybridized carbons (Fsp3) is 0.429. The van der Waals surface area contributed by atoms with Crippen molar-refractivity contribution in [2.24, 2.45) is 0 Å². The number of rotatable bonds is 2. The summed E-state index contributed by atoms with van der Waals surface area (Å²) in [5.41, 5.74) is 0. The van der Waals surface area contributed by atoms with Crippen LogP contribution in [0.15, 0.2) is 43.0 Å². The minimum atomic E-state index is -3.78. The Labute approximate surface area is 119 Å². The van der Waals surface area contributed by atoms with Gasteiger partial charge in [0.15, 0.2) is 0 Å². The molecule has 18 heavy (non-hydrogen) atoms. The van der Waals surface area contributed by atoms with Crippen molar-refractivity contribution >= 4 is 31.7 Å². The van der Waals surface area contributed by atoms with Crippen molar-refractivity contribution in [3.8, 4) is 0 Å². The molecule has 104 valence electrons. The third kappa shape index (κ3) is 2.73. The summed E-state index contributed by atoms with van der Waals surface area (Å²) in [7, 11) is 0. The summed E-state index contributed by atoms with van der Waals surface area (Å²) in [6.07, 6.45) is 16.2. The number of hydrogen-bond donors (Lipinski definition) is 0. The molecule has 0 saturated heterocycles. The molecule has 0 aromatic rings. The summed E-state index contributed by atoms with van der Waals surface area (Å²) < 4.78 is 13.8. The van der Waals surface area contributed by atoms with E-state index in [2.05, 4.69) is 61.9 Å². The van der Waals surface area contributed by atoms with Gasteiger partial charge < -0.3 is 0 Å². The second kappa shape index (κ2) is 3.85. The molecular weight excluding hydrogens is 358 g/mol. The van der Waals surface area contributed by atoms with Gasteiger partial charge in [-0.3, -0.25) is 0 Å². The Bertz CT molecular complexity index is 551. The van der Waals surface area contributed by atoms with Gasteiger partial charge in [0.25, 0.3) is 0 Å². The van der Waals surface area contributed by atoms with Crippen molar-refractivity contribution in [3.63, 3.8) is 0 Å². The second-order valence-corrected chi connectivity index (χ2v) is 67.5. The molecule has 0 unspecified atom stereocenters. The predicted octanol–water partition coefficient (Wildman–Crippen LogP) is 5.02. The zero-order valence-corrected chi connectivity index (χ0v) is 17.4. The van der Waals surface area contributed by atoms with Crippen LogP contribution in [-0.2, 0) is 14.4 Å². The molecule has 0 heterocycles. The monoisotopic (exact) mass is 382 g/mol. The summed E-state index contributed by atoms with van der Waals surface area (Å²) in [6.45, 7) is 2.32. The van der Waals surface area contributed by atoms with Gasteiger partial charge in [-0.2, -0.15) is 0 Å². The van der Waals surface area contributed by atoms with Crippen molar-refractivity contribution in [2.45, 2.75) is 31.4 Å². The molecule has 0 spiro atoms. The van der Waals surface area contributed by atoms with Crippen LogP contribution >= 0.6 is 24.8 Å². The molecule has 0 bridgehead atoms. The zero-order chi connectivity index (χ0) is 12.2. The Balaban J connectivity index is 0.00000144. The fourth-order valence-electron chi connectivity index (χ4n) is 3.03. The van der Waals surface area contributed by atoms with E-state index in [0.717, 1.165) is 12.8 Å². The second-order valence-electron chi connectivity index (χ2n) is 9.54. The van der Waals surface area contributed by atoms with E-state index in [-0.39, 0.29) is 24.8 Å². The molecule has 0 aromatic carbocycles. The van der Waals surface area contributed by atoms with Gasteiger partial charge in [-0.05, 0) is 0 Å². The van der Waals surface area contributed by atoms with Gasteiger partial charge in [0.1, 0.15) is 0 Å². The quantitative estimate of drug-likeness (QED) is 0.587. The van der Waals surface area contributed by atoms with Crippen molar-refractivity contribution in [3.05, 3.63) is 43.0 Å². The van der Waals surface area contributed by atoms with Crippen molar-refractivity contribution < 1.29 is 14.4 Å². The van der Waals surface area contributed by atoms with E-state index in [0.29, 0.717) is 0 Å². The number of halogens is 2. The first-order valence-electron chi connectivity index (χ1n) is 6.29. The van der Waals surface area contributed by atoms with E-state index in [4.69, 9.17) is 0 Å². The van der Waals surface area contributed by atoms with Gasteiger partial charge in [0.2, 0.25) is 0 Å². The molecule has 0 nitrogen and oxygen atoms in total. The van der Waals surface area contributed by atoms with Gasteiger partial charge in [-0.25, -0.2) is 0 Å². The Morgan fingerprint density at radius 2 is 1.17 bits per heavy atom. The molecule has 0 aromatic heterocycles. The summed E-state index contributed by atoms with van der Waals surface area (Å²) in [5, 5.41) is 0. The first-order chi connectivity index (χ1) is 6.96. The van der Waals surface area contributed by atoms with E-state index < -0.39 is 14.4 Å². The van der Waals surface area contributed by atoms with Crippen LogP contribution in [0.4, 0.5) is 0 Å². The van der Waals surface area contributed by atoms with Gasteiger partial charge in [-0.15, -0.1) is 24.8 Å². The molecule has 0 aliphatic heterocycles. The summed E-state index contributed by atoms with van der Waals surface area (Å²) in [6, 6.07) is 0. The summed E-state index contributed by atoms with van der Waals surface area (Å²) >= 11 is -3.78. The molecule has 0 fully saturated rings. The van der Waals surface area contributed by atoms with E-state index >= 15 is 0 Å². The molecule has 4 heteroatoms. The first-order valence-corrected chi connectivity index (χ1v) is 24.5. The maximum absolute atomic E-state index is 3.78. The molecule has 2 rings (SSSR count). The van der Waals surface area contributed by atoms with Crippen LogP contribution in [0.5, 0.6) is 0 Å². The standard InChI is InChI=1S/2C5H5.4CH3.2ClH.H2Si.Zr/c2*1-2-4-5-3-1;;;;;;;;/h2*1-3H,4H2;4*1H3;2*1H;1H2;. The molecule has 0 N–H and O–H groups in total. The van der Waals surface area contributed by atoms with Crippen molar-refractivity contribution in [1.29, 1.82) is 0 Å². The topological polar surface area (TPSA) is 0 Å². The van der Waals surface area contributed by atoms with Gasteiger partial charge in [-0.1, -0.05) is 0 Å². The fourth-order valence-corrected chi connectivity index (χ4v) is 17.7. The minimum absolute atomic E-state index is 0. The third-order valence-corrected chi connectivity index (χ3v) is 28.5. The van der Waals surface area contributed by atoms with Crippen LogP contribution in [0.25, 0.3) is 0 Å². The van der Waals surface area contributed by atoms with Crippen LogP contribution in [-0.4, -0.2) is 6.88 Å². The van der Waals surface area contributed by atoms with Gasteiger partial charge in [0.05, 0.1) is 0 Å². The van der Waals surface area contributed by atoms with E-state index in [1.807, 2.05) is 0 Å². The SMILES string of the molecule is Cl.Cl.[CH3][Zr]([CH3])([CH3])([CH3])(=[SiH2])([C]1=CC=CC1)[C]1=CC=CC1. The average Bonchev–Trinajstić information content (AvgIpc) is 2.76. The predicted molar refractivity (Wildman–Crippen MR) is 90.2 cm³/mol. The van der Waals surface area contributed by atoms with Gasteiger partial charge in [0, 0.05) is 0 Å². The van der Waals surface area contributed by atoms with E-state index in [1.54, 1.807) is 6.56 Å². The Morgan fingerprint density at radius 3 is 1.39 bits per heavy atom. The number of hydrogen-bond acceptors (Lipinski definition) is 0. The average molecular weight is 385 g/mol. The van der Waals surface area contributed by atoms with Crippen molar-refractivity contribution in [1.82, 2.24) is 0 Å². The molecule has 2 aliphatic rings. The van der Waals surface area contributed by atoms with Crippen LogP contribution in [0.3, 0.4) is 0 Å². The van der Waals surface area contributed by atoms with E-state index in [9.17, 15) is 0 Å². The van der Waals surface area contributed by atoms with Crippen molar-refractivity contribution in [2.75, 3.05) is 0 Å². The number of allylic oxidation sites excluding steroid dienone is 8. The van der Waals surface area contributed by atoms with Gasteiger partial charge >= 0.3 is 95.7 Å². The Morgan fingerprint density at radius 1 is 0.833 bits per heavy atom. The molecule has 0 radical (unpaired) electrons. The maximum atomic E-state index is 2.59.